The molecule has 2 aromatic rings. The highest BCUT2D eigenvalue weighted by atomic mass is 35.5. The number of halogens is 1. The molecule has 0 aromatic carbocycles. The Bertz CT molecular complexity index is 583. The van der Waals surface area contributed by atoms with Crippen molar-refractivity contribution in [2.75, 3.05) is 11.4 Å². The van der Waals surface area contributed by atoms with Crippen molar-refractivity contribution >= 4 is 33.7 Å². The van der Waals surface area contributed by atoms with E-state index in [1.54, 1.807) is 11.3 Å². The molecule has 0 unspecified atom stereocenters. The summed E-state index contributed by atoms with van der Waals surface area (Å²) >= 11 is 7.93. The van der Waals surface area contributed by atoms with Gasteiger partial charge in [0.2, 0.25) is 0 Å². The number of rotatable bonds is 6. The number of imidazole rings is 1. The average Bonchev–Trinajstić information content (AvgIpc) is 3.14. The van der Waals surface area contributed by atoms with Crippen LogP contribution in [0.25, 0.3) is 4.96 Å². The number of hydrogen-bond acceptors (Lipinski definition) is 3. The zero-order chi connectivity index (χ0) is 14.8. The molecule has 0 radical (unpaired) electrons. The molecule has 0 atom stereocenters. The summed E-state index contributed by atoms with van der Waals surface area (Å²) in [4.78, 5) is 8.50. The molecule has 3 rings (SSSR count). The fourth-order valence-corrected chi connectivity index (χ4v) is 4.23. The van der Waals surface area contributed by atoms with Gasteiger partial charge in [-0.3, -0.25) is 4.40 Å². The molecular formula is C16H24ClN3S. The van der Waals surface area contributed by atoms with Gasteiger partial charge in [0.1, 0.15) is 0 Å². The maximum atomic E-state index is 6.24. The van der Waals surface area contributed by atoms with E-state index in [1.807, 2.05) is 0 Å². The highest BCUT2D eigenvalue weighted by Crippen LogP contribution is 2.33. The minimum absolute atomic E-state index is 0.526. The minimum Gasteiger partial charge on any atom is -0.352 e. The first-order chi connectivity index (χ1) is 10.2. The molecule has 21 heavy (non-hydrogen) atoms. The van der Waals surface area contributed by atoms with Gasteiger partial charge in [0.25, 0.3) is 0 Å². The SMILES string of the molecule is CC(C)CCN(c1nc2sccn2c1CCl)C1CCCC1. The summed E-state index contributed by atoms with van der Waals surface area (Å²) in [5.41, 5.74) is 1.16. The van der Waals surface area contributed by atoms with Crippen LogP contribution in [0.4, 0.5) is 5.82 Å². The molecule has 2 aromatic heterocycles. The van der Waals surface area contributed by atoms with Crippen molar-refractivity contribution in [2.45, 2.75) is 57.9 Å². The standard InChI is InChI=1S/C16H24ClN3S/c1-12(2)7-8-19(13-5-3-4-6-13)15-14(11-17)20-9-10-21-16(20)18-15/h9-10,12-13H,3-8,11H2,1-2H3. The Morgan fingerprint density at radius 1 is 1.43 bits per heavy atom. The summed E-state index contributed by atoms with van der Waals surface area (Å²) in [6.45, 7) is 5.68. The van der Waals surface area contributed by atoms with E-state index in [4.69, 9.17) is 16.6 Å². The lowest BCUT2D eigenvalue weighted by molar-refractivity contribution is 0.525. The second kappa shape index (κ2) is 6.57. The molecule has 5 heteroatoms. The lowest BCUT2D eigenvalue weighted by atomic mass is 10.1. The summed E-state index contributed by atoms with van der Waals surface area (Å²) in [7, 11) is 0. The quantitative estimate of drug-likeness (QED) is 0.702. The van der Waals surface area contributed by atoms with E-state index >= 15 is 0 Å². The highest BCUT2D eigenvalue weighted by molar-refractivity contribution is 7.15. The third kappa shape index (κ3) is 3.07. The molecule has 2 heterocycles. The fraction of sp³-hybridized carbons (Fsp3) is 0.688. The Kier molecular flexibility index (Phi) is 4.75. The van der Waals surface area contributed by atoms with E-state index in [2.05, 4.69) is 34.7 Å². The van der Waals surface area contributed by atoms with Crippen LogP contribution < -0.4 is 4.90 Å². The lowest BCUT2D eigenvalue weighted by Gasteiger charge is -2.30. The topological polar surface area (TPSA) is 20.5 Å². The van der Waals surface area contributed by atoms with Gasteiger partial charge >= 0.3 is 0 Å². The molecule has 0 bridgehead atoms. The normalized spacial score (nSPS) is 16.4. The van der Waals surface area contributed by atoms with Crippen molar-refractivity contribution in [1.29, 1.82) is 0 Å². The second-order valence-corrected chi connectivity index (χ2v) is 7.53. The van der Waals surface area contributed by atoms with E-state index in [0.717, 1.165) is 28.9 Å². The summed E-state index contributed by atoms with van der Waals surface area (Å²) < 4.78 is 2.16. The van der Waals surface area contributed by atoms with E-state index in [-0.39, 0.29) is 0 Å². The first kappa shape index (κ1) is 15.2. The largest absolute Gasteiger partial charge is 0.352 e. The highest BCUT2D eigenvalue weighted by Gasteiger charge is 2.27. The van der Waals surface area contributed by atoms with Crippen LogP contribution in [-0.2, 0) is 5.88 Å². The maximum absolute atomic E-state index is 6.24. The zero-order valence-electron chi connectivity index (χ0n) is 12.9. The molecule has 1 fully saturated rings. The van der Waals surface area contributed by atoms with Gasteiger partial charge in [0.05, 0.1) is 11.6 Å². The third-order valence-corrected chi connectivity index (χ3v) is 5.46. The van der Waals surface area contributed by atoms with E-state index in [1.165, 1.54) is 32.1 Å². The summed E-state index contributed by atoms with van der Waals surface area (Å²) in [6, 6.07) is 0.648. The first-order valence-corrected chi connectivity index (χ1v) is 9.39. The molecule has 0 amide bonds. The number of fused-ring (bicyclic) bond motifs is 1. The predicted molar refractivity (Wildman–Crippen MR) is 91.7 cm³/mol. The fourth-order valence-electron chi connectivity index (χ4n) is 3.25. The molecule has 0 spiro atoms. The Hall–Kier alpha value is -0.740. The molecule has 0 saturated heterocycles. The number of hydrogen-bond donors (Lipinski definition) is 0. The number of nitrogens with zero attached hydrogens (tertiary/aromatic N) is 3. The van der Waals surface area contributed by atoms with Crippen LogP contribution in [0.15, 0.2) is 11.6 Å². The predicted octanol–water partition coefficient (Wildman–Crippen LogP) is 4.93. The van der Waals surface area contributed by atoms with Crippen LogP contribution in [0, 0.1) is 5.92 Å². The Morgan fingerprint density at radius 3 is 2.86 bits per heavy atom. The van der Waals surface area contributed by atoms with Crippen molar-refractivity contribution < 1.29 is 0 Å². The van der Waals surface area contributed by atoms with Crippen molar-refractivity contribution in [3.63, 3.8) is 0 Å². The molecule has 116 valence electrons. The van der Waals surface area contributed by atoms with Crippen molar-refractivity contribution in [1.82, 2.24) is 9.38 Å². The molecule has 0 aliphatic heterocycles. The van der Waals surface area contributed by atoms with Crippen molar-refractivity contribution in [3.8, 4) is 0 Å². The van der Waals surface area contributed by atoms with E-state index < -0.39 is 0 Å². The smallest absolute Gasteiger partial charge is 0.195 e. The maximum Gasteiger partial charge on any atom is 0.195 e. The molecule has 1 saturated carbocycles. The third-order valence-electron chi connectivity index (χ3n) is 4.45. The zero-order valence-corrected chi connectivity index (χ0v) is 14.5. The van der Waals surface area contributed by atoms with Gasteiger partial charge in [-0.05, 0) is 25.2 Å². The van der Waals surface area contributed by atoms with Crippen molar-refractivity contribution in [3.05, 3.63) is 17.3 Å². The summed E-state index contributed by atoms with van der Waals surface area (Å²) in [5.74, 6) is 2.37. The van der Waals surface area contributed by atoms with Crippen molar-refractivity contribution in [2.24, 2.45) is 5.92 Å². The monoisotopic (exact) mass is 325 g/mol. The van der Waals surface area contributed by atoms with Gasteiger partial charge in [-0.25, -0.2) is 4.98 Å². The van der Waals surface area contributed by atoms with Gasteiger partial charge in [-0.1, -0.05) is 26.7 Å². The molecule has 1 aliphatic carbocycles. The molecule has 3 nitrogen and oxygen atoms in total. The van der Waals surface area contributed by atoms with Crippen LogP contribution in [0.5, 0.6) is 0 Å². The number of thiazole rings is 1. The summed E-state index contributed by atoms with van der Waals surface area (Å²) in [5, 5.41) is 2.08. The van der Waals surface area contributed by atoms with Crippen LogP contribution in [0.1, 0.15) is 51.6 Å². The Balaban J connectivity index is 1.93. The Morgan fingerprint density at radius 2 is 2.19 bits per heavy atom. The molecule has 0 N–H and O–H groups in total. The van der Waals surface area contributed by atoms with Crippen LogP contribution >= 0.6 is 22.9 Å². The number of anilines is 1. The number of alkyl halides is 1. The summed E-state index contributed by atoms with van der Waals surface area (Å²) in [6.07, 6.45) is 8.59. The minimum atomic E-state index is 0.526. The van der Waals surface area contributed by atoms with Crippen LogP contribution in [0.3, 0.4) is 0 Å². The van der Waals surface area contributed by atoms with Crippen LogP contribution in [0.2, 0.25) is 0 Å². The van der Waals surface area contributed by atoms with Crippen LogP contribution in [-0.4, -0.2) is 22.0 Å². The number of aromatic nitrogens is 2. The van der Waals surface area contributed by atoms with Gasteiger partial charge in [0, 0.05) is 24.2 Å². The van der Waals surface area contributed by atoms with Gasteiger partial charge in [-0.15, -0.1) is 22.9 Å². The first-order valence-electron chi connectivity index (χ1n) is 7.97. The van der Waals surface area contributed by atoms with Gasteiger partial charge in [-0.2, -0.15) is 0 Å². The van der Waals surface area contributed by atoms with E-state index in [9.17, 15) is 0 Å². The molecule has 1 aliphatic rings. The Labute approximate surface area is 135 Å². The average molecular weight is 326 g/mol. The lowest BCUT2D eigenvalue weighted by Crippen LogP contribution is -2.35. The van der Waals surface area contributed by atoms with Gasteiger partial charge < -0.3 is 4.90 Å². The molecular weight excluding hydrogens is 302 g/mol. The second-order valence-electron chi connectivity index (χ2n) is 6.39. The van der Waals surface area contributed by atoms with Gasteiger partial charge in [0.15, 0.2) is 10.8 Å². The van der Waals surface area contributed by atoms with E-state index in [0.29, 0.717) is 11.9 Å².